The molecular formula is C15H24N4O2. The van der Waals surface area contributed by atoms with E-state index < -0.39 is 0 Å². The van der Waals surface area contributed by atoms with Crippen LogP contribution >= 0.6 is 0 Å². The number of nitro benzene ring substituents is 1. The zero-order valence-electron chi connectivity index (χ0n) is 12.8. The van der Waals surface area contributed by atoms with Crippen LogP contribution in [0.1, 0.15) is 11.1 Å². The number of hydrogen-bond donors (Lipinski definition) is 1. The lowest BCUT2D eigenvalue weighted by Crippen LogP contribution is -2.46. The number of nitrogens with one attached hydrogen (secondary N) is 1. The van der Waals surface area contributed by atoms with Crippen LogP contribution in [0.4, 0.5) is 5.69 Å². The molecule has 1 saturated heterocycles. The molecule has 0 unspecified atom stereocenters. The van der Waals surface area contributed by atoms with Crippen molar-refractivity contribution in [2.75, 3.05) is 46.3 Å². The van der Waals surface area contributed by atoms with Crippen LogP contribution in [0, 0.1) is 17.0 Å². The van der Waals surface area contributed by atoms with Gasteiger partial charge < -0.3 is 10.2 Å². The van der Waals surface area contributed by atoms with Gasteiger partial charge in [0.2, 0.25) is 0 Å². The standard InChI is InChI=1S/C15H24N4O2/c1-13-14(4-3-5-15(13)19(20)21)12-16-6-7-18-10-8-17(2)9-11-18/h3-5,16H,6-12H2,1-2H3. The molecule has 0 spiro atoms. The second kappa shape index (κ2) is 7.49. The van der Waals surface area contributed by atoms with Gasteiger partial charge in [0.1, 0.15) is 0 Å². The molecule has 6 heteroatoms. The van der Waals surface area contributed by atoms with Gasteiger partial charge in [-0.25, -0.2) is 0 Å². The normalized spacial score (nSPS) is 17.0. The Morgan fingerprint density at radius 3 is 2.67 bits per heavy atom. The van der Waals surface area contributed by atoms with Crippen LogP contribution in [0.5, 0.6) is 0 Å². The van der Waals surface area contributed by atoms with Gasteiger partial charge in [0, 0.05) is 57.4 Å². The minimum atomic E-state index is -0.316. The maximum Gasteiger partial charge on any atom is 0.272 e. The first-order chi connectivity index (χ1) is 10.1. The van der Waals surface area contributed by atoms with Crippen LogP contribution in [0.3, 0.4) is 0 Å². The third kappa shape index (κ3) is 4.49. The van der Waals surface area contributed by atoms with Gasteiger partial charge in [-0.1, -0.05) is 12.1 Å². The summed E-state index contributed by atoms with van der Waals surface area (Å²) in [6, 6.07) is 5.26. The molecule has 1 aromatic carbocycles. The lowest BCUT2D eigenvalue weighted by molar-refractivity contribution is -0.385. The van der Waals surface area contributed by atoms with Gasteiger partial charge in [-0.2, -0.15) is 0 Å². The minimum absolute atomic E-state index is 0.202. The minimum Gasteiger partial charge on any atom is -0.311 e. The Balaban J connectivity index is 1.76. The smallest absolute Gasteiger partial charge is 0.272 e. The van der Waals surface area contributed by atoms with Crippen LogP contribution in [-0.4, -0.2) is 61.0 Å². The van der Waals surface area contributed by atoms with Crippen molar-refractivity contribution in [1.82, 2.24) is 15.1 Å². The Hall–Kier alpha value is -1.50. The fourth-order valence-corrected chi connectivity index (χ4v) is 2.59. The summed E-state index contributed by atoms with van der Waals surface area (Å²) in [5.41, 5.74) is 1.96. The van der Waals surface area contributed by atoms with Gasteiger partial charge in [-0.15, -0.1) is 0 Å². The largest absolute Gasteiger partial charge is 0.311 e. The molecule has 2 rings (SSSR count). The van der Waals surface area contributed by atoms with E-state index in [4.69, 9.17) is 0 Å². The summed E-state index contributed by atoms with van der Waals surface area (Å²) in [4.78, 5) is 15.4. The maximum absolute atomic E-state index is 10.9. The molecule has 0 radical (unpaired) electrons. The van der Waals surface area contributed by atoms with Crippen molar-refractivity contribution in [2.24, 2.45) is 0 Å². The third-order valence-electron chi connectivity index (χ3n) is 4.13. The number of nitro groups is 1. The predicted molar refractivity (Wildman–Crippen MR) is 83.5 cm³/mol. The van der Waals surface area contributed by atoms with Gasteiger partial charge in [-0.3, -0.25) is 15.0 Å². The van der Waals surface area contributed by atoms with Gasteiger partial charge >= 0.3 is 0 Å². The number of nitrogens with zero attached hydrogens (tertiary/aromatic N) is 3. The molecule has 21 heavy (non-hydrogen) atoms. The molecule has 1 heterocycles. The first-order valence-corrected chi connectivity index (χ1v) is 7.42. The van der Waals surface area contributed by atoms with E-state index in [0.29, 0.717) is 6.54 Å². The summed E-state index contributed by atoms with van der Waals surface area (Å²) in [6.45, 7) is 8.93. The van der Waals surface area contributed by atoms with Crippen molar-refractivity contribution in [2.45, 2.75) is 13.5 Å². The monoisotopic (exact) mass is 292 g/mol. The van der Waals surface area contributed by atoms with Gasteiger partial charge in [0.25, 0.3) is 5.69 Å². The first-order valence-electron chi connectivity index (χ1n) is 7.42. The molecule has 1 fully saturated rings. The van der Waals surface area contributed by atoms with Crippen LogP contribution in [0.2, 0.25) is 0 Å². The Morgan fingerprint density at radius 2 is 2.00 bits per heavy atom. The lowest BCUT2D eigenvalue weighted by Gasteiger charge is -2.32. The van der Waals surface area contributed by atoms with E-state index >= 15 is 0 Å². The van der Waals surface area contributed by atoms with E-state index in [2.05, 4.69) is 22.2 Å². The molecule has 0 aliphatic carbocycles. The summed E-state index contributed by atoms with van der Waals surface area (Å²) < 4.78 is 0. The van der Waals surface area contributed by atoms with Crippen LogP contribution in [0.25, 0.3) is 0 Å². The summed E-state index contributed by atoms with van der Waals surface area (Å²) in [6.07, 6.45) is 0. The van der Waals surface area contributed by atoms with Crippen molar-refractivity contribution in [1.29, 1.82) is 0 Å². The first kappa shape index (κ1) is 15.9. The molecule has 6 nitrogen and oxygen atoms in total. The Bertz CT molecular complexity index is 485. The third-order valence-corrected chi connectivity index (χ3v) is 4.13. The van der Waals surface area contributed by atoms with Gasteiger partial charge in [0.05, 0.1) is 4.92 Å². The van der Waals surface area contributed by atoms with E-state index in [9.17, 15) is 10.1 Å². The second-order valence-corrected chi connectivity index (χ2v) is 5.64. The molecule has 1 aliphatic heterocycles. The quantitative estimate of drug-likeness (QED) is 0.485. The van der Waals surface area contributed by atoms with Crippen molar-refractivity contribution in [3.05, 3.63) is 39.4 Å². The van der Waals surface area contributed by atoms with Gasteiger partial charge in [-0.05, 0) is 19.5 Å². The highest BCUT2D eigenvalue weighted by atomic mass is 16.6. The highest BCUT2D eigenvalue weighted by molar-refractivity contribution is 5.44. The average Bonchev–Trinajstić information content (AvgIpc) is 2.46. The maximum atomic E-state index is 10.9. The zero-order chi connectivity index (χ0) is 15.2. The number of piperazine rings is 1. The molecular weight excluding hydrogens is 268 g/mol. The predicted octanol–water partition coefficient (Wildman–Crippen LogP) is 1.24. The van der Waals surface area contributed by atoms with E-state index in [1.165, 1.54) is 0 Å². The van der Waals surface area contributed by atoms with Crippen LogP contribution < -0.4 is 5.32 Å². The number of rotatable bonds is 6. The summed E-state index contributed by atoms with van der Waals surface area (Å²) in [5, 5.41) is 14.3. The average molecular weight is 292 g/mol. The molecule has 0 saturated carbocycles. The topological polar surface area (TPSA) is 61.6 Å². The highest BCUT2D eigenvalue weighted by Gasteiger charge is 2.14. The summed E-state index contributed by atoms with van der Waals surface area (Å²) in [7, 11) is 2.15. The molecule has 1 aromatic rings. The van der Waals surface area contributed by atoms with Crippen molar-refractivity contribution >= 4 is 5.69 Å². The molecule has 0 atom stereocenters. The number of likely N-dealkylation sites (N-methyl/N-ethyl adjacent to an activating group) is 1. The SMILES string of the molecule is Cc1c(CNCCN2CCN(C)CC2)cccc1[N+](=O)[O-]. The van der Waals surface area contributed by atoms with E-state index in [-0.39, 0.29) is 10.6 Å². The lowest BCUT2D eigenvalue weighted by atomic mass is 10.1. The molecule has 1 aliphatic rings. The van der Waals surface area contributed by atoms with E-state index in [0.717, 1.165) is 50.4 Å². The molecule has 0 bridgehead atoms. The fourth-order valence-electron chi connectivity index (χ4n) is 2.59. The highest BCUT2D eigenvalue weighted by Crippen LogP contribution is 2.20. The Morgan fingerprint density at radius 1 is 1.29 bits per heavy atom. The molecule has 116 valence electrons. The molecule has 1 N–H and O–H groups in total. The fraction of sp³-hybridized carbons (Fsp3) is 0.600. The van der Waals surface area contributed by atoms with Crippen molar-refractivity contribution < 1.29 is 4.92 Å². The second-order valence-electron chi connectivity index (χ2n) is 5.64. The Kier molecular flexibility index (Phi) is 5.67. The molecule has 0 amide bonds. The van der Waals surface area contributed by atoms with E-state index in [1.54, 1.807) is 12.1 Å². The Labute approximate surface area is 125 Å². The number of hydrogen-bond acceptors (Lipinski definition) is 5. The van der Waals surface area contributed by atoms with Crippen molar-refractivity contribution in [3.63, 3.8) is 0 Å². The zero-order valence-corrected chi connectivity index (χ0v) is 12.8. The van der Waals surface area contributed by atoms with Crippen LogP contribution in [-0.2, 0) is 6.54 Å². The van der Waals surface area contributed by atoms with Crippen molar-refractivity contribution in [3.8, 4) is 0 Å². The van der Waals surface area contributed by atoms with Crippen LogP contribution in [0.15, 0.2) is 18.2 Å². The number of benzene rings is 1. The van der Waals surface area contributed by atoms with Gasteiger partial charge in [0.15, 0.2) is 0 Å². The summed E-state index contributed by atoms with van der Waals surface area (Å²) in [5.74, 6) is 0. The molecule has 0 aromatic heterocycles. The summed E-state index contributed by atoms with van der Waals surface area (Å²) >= 11 is 0. The van der Waals surface area contributed by atoms with E-state index in [1.807, 2.05) is 13.0 Å².